The quantitative estimate of drug-likeness (QED) is 0.371. The third-order valence-corrected chi connectivity index (χ3v) is 7.01. The first-order chi connectivity index (χ1) is 14.7. The maximum Gasteiger partial charge on any atom is 0.338 e. The van der Waals surface area contributed by atoms with Crippen LogP contribution in [0.3, 0.4) is 0 Å². The van der Waals surface area contributed by atoms with E-state index in [1.54, 1.807) is 19.1 Å². The number of nitrogens with one attached hydrogen (secondary N) is 2. The number of urea groups is 1. The van der Waals surface area contributed by atoms with Gasteiger partial charge in [-0.2, -0.15) is 0 Å². The van der Waals surface area contributed by atoms with Gasteiger partial charge >= 0.3 is 12.0 Å². The Morgan fingerprint density at radius 2 is 1.77 bits per heavy atom. The number of thioether (sulfide) groups is 1. The molecule has 1 aliphatic rings. The van der Waals surface area contributed by atoms with E-state index in [-0.39, 0.29) is 22.8 Å². The van der Waals surface area contributed by atoms with Crippen molar-refractivity contribution in [3.05, 3.63) is 71.2 Å². The fourth-order valence-corrected chi connectivity index (χ4v) is 4.88. The van der Waals surface area contributed by atoms with E-state index in [0.29, 0.717) is 5.56 Å². The van der Waals surface area contributed by atoms with E-state index in [2.05, 4.69) is 10.6 Å². The SMILES string of the molecule is CCOC(=O)C1=C(CS(=O)(=O)c2ccc(F)cc2)NC(=O)N[C@H]1c1ccc(SC)cc1. The summed E-state index contributed by atoms with van der Waals surface area (Å²) in [6.45, 7) is 1.71. The Bertz CT molecular complexity index is 1110. The minimum absolute atomic E-state index is 0.00374. The third-order valence-electron chi connectivity index (χ3n) is 4.61. The summed E-state index contributed by atoms with van der Waals surface area (Å²) in [5.41, 5.74) is 0.530. The molecule has 3 rings (SSSR count). The van der Waals surface area contributed by atoms with Gasteiger partial charge in [0.2, 0.25) is 0 Å². The van der Waals surface area contributed by atoms with Crippen molar-refractivity contribution < 1.29 is 27.1 Å². The van der Waals surface area contributed by atoms with Crippen molar-refractivity contribution >= 4 is 33.6 Å². The molecule has 31 heavy (non-hydrogen) atoms. The number of carbonyl (C=O) groups excluding carboxylic acids is 2. The molecule has 0 unspecified atom stereocenters. The number of carbonyl (C=O) groups is 2. The van der Waals surface area contributed by atoms with Crippen molar-refractivity contribution in [2.45, 2.75) is 22.8 Å². The van der Waals surface area contributed by atoms with Crippen LogP contribution in [0, 0.1) is 5.82 Å². The average Bonchev–Trinajstić information content (AvgIpc) is 2.73. The van der Waals surface area contributed by atoms with Crippen molar-refractivity contribution in [1.82, 2.24) is 10.6 Å². The molecule has 164 valence electrons. The Morgan fingerprint density at radius 3 is 2.35 bits per heavy atom. The fraction of sp³-hybridized carbons (Fsp3) is 0.238. The van der Waals surface area contributed by atoms with Crippen molar-refractivity contribution in [2.75, 3.05) is 18.6 Å². The molecule has 0 fully saturated rings. The topological polar surface area (TPSA) is 102 Å². The maximum atomic E-state index is 13.2. The van der Waals surface area contributed by atoms with Crippen LogP contribution in [0.5, 0.6) is 0 Å². The summed E-state index contributed by atoms with van der Waals surface area (Å²) >= 11 is 1.54. The molecule has 1 aliphatic heterocycles. The number of rotatable bonds is 7. The van der Waals surface area contributed by atoms with Crippen LogP contribution in [0.2, 0.25) is 0 Å². The summed E-state index contributed by atoms with van der Waals surface area (Å²) < 4.78 is 44.1. The number of halogens is 1. The lowest BCUT2D eigenvalue weighted by molar-refractivity contribution is -0.139. The van der Waals surface area contributed by atoms with Gasteiger partial charge in [0, 0.05) is 10.6 Å². The van der Waals surface area contributed by atoms with E-state index in [1.807, 2.05) is 18.4 Å². The highest BCUT2D eigenvalue weighted by Crippen LogP contribution is 2.30. The Hall–Kier alpha value is -2.85. The zero-order valence-corrected chi connectivity index (χ0v) is 18.5. The van der Waals surface area contributed by atoms with Crippen LogP contribution in [-0.4, -0.2) is 39.0 Å². The first-order valence-corrected chi connectivity index (χ1v) is 12.2. The zero-order chi connectivity index (χ0) is 22.6. The summed E-state index contributed by atoms with van der Waals surface area (Å²) in [5, 5.41) is 5.10. The first kappa shape index (κ1) is 22.8. The van der Waals surface area contributed by atoms with E-state index >= 15 is 0 Å². The summed E-state index contributed by atoms with van der Waals surface area (Å²) in [5.74, 6) is -1.97. The molecule has 1 atom stereocenters. The average molecular weight is 465 g/mol. The van der Waals surface area contributed by atoms with E-state index in [1.165, 1.54) is 11.8 Å². The maximum absolute atomic E-state index is 13.2. The fourth-order valence-electron chi connectivity index (χ4n) is 3.14. The summed E-state index contributed by atoms with van der Waals surface area (Å²) in [6.07, 6.45) is 1.92. The summed E-state index contributed by atoms with van der Waals surface area (Å²) in [7, 11) is -3.98. The van der Waals surface area contributed by atoms with E-state index in [0.717, 1.165) is 29.2 Å². The van der Waals surface area contributed by atoms with Crippen LogP contribution < -0.4 is 10.6 Å². The Labute approximate surface area is 184 Å². The molecule has 2 N–H and O–H groups in total. The number of ether oxygens (including phenoxy) is 1. The number of hydrogen-bond donors (Lipinski definition) is 2. The van der Waals surface area contributed by atoms with Crippen LogP contribution in [0.4, 0.5) is 9.18 Å². The molecule has 10 heteroatoms. The Kier molecular flexibility index (Phi) is 7.01. The molecule has 0 aliphatic carbocycles. The van der Waals surface area contributed by atoms with Gasteiger partial charge in [0.25, 0.3) is 0 Å². The lowest BCUT2D eigenvalue weighted by atomic mass is 9.95. The molecule has 0 saturated carbocycles. The van der Waals surface area contributed by atoms with Crippen molar-refractivity contribution in [1.29, 1.82) is 0 Å². The molecule has 0 bridgehead atoms. The molecule has 2 amide bonds. The van der Waals surface area contributed by atoms with Crippen LogP contribution in [0.1, 0.15) is 18.5 Å². The molecule has 2 aromatic rings. The lowest BCUT2D eigenvalue weighted by Gasteiger charge is -2.29. The first-order valence-electron chi connectivity index (χ1n) is 9.35. The summed E-state index contributed by atoms with van der Waals surface area (Å²) in [4.78, 5) is 25.9. The number of sulfone groups is 1. The molecule has 0 radical (unpaired) electrons. The third kappa shape index (κ3) is 5.26. The molecule has 0 spiro atoms. The molecule has 0 aromatic heterocycles. The highest BCUT2D eigenvalue weighted by atomic mass is 32.2. The molecule has 7 nitrogen and oxygen atoms in total. The second kappa shape index (κ2) is 9.52. The zero-order valence-electron chi connectivity index (χ0n) is 16.8. The van der Waals surface area contributed by atoms with Crippen LogP contribution in [0.15, 0.2) is 69.6 Å². The number of benzene rings is 2. The van der Waals surface area contributed by atoms with Gasteiger partial charge in [-0.05, 0) is 55.1 Å². The van der Waals surface area contributed by atoms with Crippen LogP contribution >= 0.6 is 11.8 Å². The molecular weight excluding hydrogens is 443 g/mol. The van der Waals surface area contributed by atoms with Gasteiger partial charge in [-0.15, -0.1) is 11.8 Å². The van der Waals surface area contributed by atoms with Gasteiger partial charge in [0.15, 0.2) is 9.84 Å². The van der Waals surface area contributed by atoms with Gasteiger partial charge in [0.05, 0.1) is 28.9 Å². The number of hydrogen-bond acceptors (Lipinski definition) is 6. The second-order valence-corrected chi connectivity index (χ2v) is 9.50. The minimum Gasteiger partial charge on any atom is -0.463 e. The van der Waals surface area contributed by atoms with Gasteiger partial charge < -0.3 is 15.4 Å². The minimum atomic E-state index is -3.98. The van der Waals surface area contributed by atoms with E-state index in [9.17, 15) is 22.4 Å². The summed E-state index contributed by atoms with van der Waals surface area (Å²) in [6, 6.07) is 10.00. The number of esters is 1. The lowest BCUT2D eigenvalue weighted by Crippen LogP contribution is -2.47. The smallest absolute Gasteiger partial charge is 0.338 e. The van der Waals surface area contributed by atoms with E-state index in [4.69, 9.17) is 4.74 Å². The van der Waals surface area contributed by atoms with Crippen LogP contribution in [0.25, 0.3) is 0 Å². The van der Waals surface area contributed by atoms with Crippen molar-refractivity contribution in [2.24, 2.45) is 0 Å². The van der Waals surface area contributed by atoms with Gasteiger partial charge in [-0.25, -0.2) is 22.4 Å². The van der Waals surface area contributed by atoms with E-state index < -0.39 is 39.4 Å². The van der Waals surface area contributed by atoms with Gasteiger partial charge in [-0.3, -0.25) is 0 Å². The largest absolute Gasteiger partial charge is 0.463 e. The second-order valence-electron chi connectivity index (χ2n) is 6.63. The van der Waals surface area contributed by atoms with Crippen molar-refractivity contribution in [3.8, 4) is 0 Å². The highest BCUT2D eigenvalue weighted by molar-refractivity contribution is 7.98. The molecule has 0 saturated heterocycles. The monoisotopic (exact) mass is 464 g/mol. The van der Waals surface area contributed by atoms with Crippen molar-refractivity contribution in [3.63, 3.8) is 0 Å². The Balaban J connectivity index is 2.07. The van der Waals surface area contributed by atoms with Gasteiger partial charge in [0.1, 0.15) is 5.82 Å². The standard InChI is InChI=1S/C21H21FN2O5S2/c1-3-29-20(25)18-17(12-31(27,28)16-10-6-14(22)7-11-16)23-21(26)24-19(18)13-4-8-15(30-2)9-5-13/h4-11,19H,3,12H2,1-2H3,(H2,23,24,26)/t19-/m0/s1. The highest BCUT2D eigenvalue weighted by Gasteiger charge is 2.35. The van der Waals surface area contributed by atoms with Crippen LogP contribution in [-0.2, 0) is 19.4 Å². The molecule has 2 aromatic carbocycles. The van der Waals surface area contributed by atoms with Gasteiger partial charge in [-0.1, -0.05) is 12.1 Å². The number of amides is 2. The molecular formula is C21H21FN2O5S2. The predicted molar refractivity (Wildman–Crippen MR) is 115 cm³/mol. The Morgan fingerprint density at radius 1 is 1.13 bits per heavy atom. The molecule has 1 heterocycles. The normalized spacial score (nSPS) is 16.5. The predicted octanol–water partition coefficient (Wildman–Crippen LogP) is 3.19.